The van der Waals surface area contributed by atoms with Crippen molar-refractivity contribution in [3.8, 4) is 0 Å². The summed E-state index contributed by atoms with van der Waals surface area (Å²) in [4.78, 5) is 44.1. The smallest absolute Gasteiger partial charge is 0.407 e. The summed E-state index contributed by atoms with van der Waals surface area (Å²) in [6.07, 6.45) is 5.66. The molecule has 2 amide bonds. The number of hydrogen-bond donors (Lipinski definition) is 2. The van der Waals surface area contributed by atoms with Crippen molar-refractivity contribution in [3.63, 3.8) is 0 Å². The van der Waals surface area contributed by atoms with E-state index in [0.29, 0.717) is 37.4 Å². The molecule has 1 aliphatic rings. The van der Waals surface area contributed by atoms with Crippen LogP contribution in [0.15, 0.2) is 54.6 Å². The second kappa shape index (κ2) is 12.6. The van der Waals surface area contributed by atoms with Crippen molar-refractivity contribution < 1.29 is 19.5 Å². The predicted octanol–water partition coefficient (Wildman–Crippen LogP) is 5.89. The minimum Gasteiger partial charge on any atom is -0.465 e. The molecule has 0 aliphatic heterocycles. The molecule has 0 radical (unpaired) electrons. The van der Waals surface area contributed by atoms with Crippen LogP contribution in [0.25, 0.3) is 10.2 Å². The lowest BCUT2D eigenvalue weighted by atomic mass is 9.88. The summed E-state index contributed by atoms with van der Waals surface area (Å²) < 4.78 is 0.941. The van der Waals surface area contributed by atoms with E-state index in [1.807, 2.05) is 54.6 Å². The number of nitrogens with one attached hydrogen (secondary N) is 1. The molecule has 4 rings (SSSR count). The molecule has 3 aromatic rings. The zero-order valence-electron chi connectivity index (χ0n) is 20.4. The number of amides is 2. The molecule has 0 spiro atoms. The minimum absolute atomic E-state index is 0.0437. The molecule has 0 unspecified atom stereocenters. The highest BCUT2D eigenvalue weighted by atomic mass is 32.1. The van der Waals surface area contributed by atoms with Gasteiger partial charge in [0.2, 0.25) is 11.7 Å². The molecule has 0 saturated heterocycles. The maximum absolute atomic E-state index is 13.4. The number of benzene rings is 2. The third kappa shape index (κ3) is 6.91. The van der Waals surface area contributed by atoms with E-state index in [1.165, 1.54) is 16.2 Å². The van der Waals surface area contributed by atoms with Gasteiger partial charge in [-0.1, -0.05) is 61.7 Å². The van der Waals surface area contributed by atoms with Gasteiger partial charge in [-0.15, -0.1) is 11.3 Å². The molecule has 7 nitrogen and oxygen atoms in total. The van der Waals surface area contributed by atoms with Crippen molar-refractivity contribution in [1.29, 1.82) is 0 Å². The Morgan fingerprint density at radius 3 is 2.44 bits per heavy atom. The lowest BCUT2D eigenvalue weighted by Crippen LogP contribution is -2.44. The first-order chi connectivity index (χ1) is 17.5. The molecule has 2 N–H and O–H groups in total. The number of carboxylic acid groups (broad SMARTS) is 1. The molecule has 1 fully saturated rings. The number of unbranched alkanes of at least 4 members (excludes halogenated alkanes) is 1. The number of para-hydroxylation sites is 1. The number of Topliss-reactive ketones (excluding diaryl/α,β-unsaturated/α-hetero) is 1. The lowest BCUT2D eigenvalue weighted by molar-refractivity contribution is -0.126. The van der Waals surface area contributed by atoms with E-state index in [1.54, 1.807) is 0 Å². The average Bonchev–Trinajstić information content (AvgIpc) is 3.34. The van der Waals surface area contributed by atoms with Crippen molar-refractivity contribution in [1.82, 2.24) is 15.2 Å². The second-order valence-corrected chi connectivity index (χ2v) is 10.5. The summed E-state index contributed by atoms with van der Waals surface area (Å²) in [6.45, 7) is 0.686. The fraction of sp³-hybridized carbons (Fsp3) is 0.429. The molecule has 1 aliphatic carbocycles. The maximum atomic E-state index is 13.4. The van der Waals surface area contributed by atoms with Gasteiger partial charge in [0.05, 0.1) is 16.3 Å². The average molecular weight is 508 g/mol. The van der Waals surface area contributed by atoms with Gasteiger partial charge in [-0.25, -0.2) is 9.78 Å². The first kappa shape index (κ1) is 25.8. The van der Waals surface area contributed by atoms with Crippen LogP contribution in [0.4, 0.5) is 4.79 Å². The summed E-state index contributed by atoms with van der Waals surface area (Å²) in [5, 5.41) is 13.1. The number of ketones is 1. The quantitative estimate of drug-likeness (QED) is 0.249. The highest BCUT2D eigenvalue weighted by Gasteiger charge is 2.28. The summed E-state index contributed by atoms with van der Waals surface area (Å²) in [6, 6.07) is 16.5. The van der Waals surface area contributed by atoms with E-state index >= 15 is 0 Å². The summed E-state index contributed by atoms with van der Waals surface area (Å²) >= 11 is 1.35. The van der Waals surface area contributed by atoms with Gasteiger partial charge in [-0.05, 0) is 49.8 Å². The van der Waals surface area contributed by atoms with Crippen LogP contribution in [0.2, 0.25) is 0 Å². The van der Waals surface area contributed by atoms with Gasteiger partial charge in [-0.2, -0.15) is 0 Å². The van der Waals surface area contributed by atoms with Crippen molar-refractivity contribution in [3.05, 3.63) is 65.2 Å². The third-order valence-electron chi connectivity index (χ3n) is 6.77. The lowest BCUT2D eigenvalue weighted by Gasteiger charge is -2.24. The van der Waals surface area contributed by atoms with Gasteiger partial charge in [0, 0.05) is 19.0 Å². The molecule has 2 aromatic carbocycles. The Bertz CT molecular complexity index is 1140. The normalized spacial score (nSPS) is 14.9. The Kier molecular flexibility index (Phi) is 9.06. The topological polar surface area (TPSA) is 99.6 Å². The molecule has 36 heavy (non-hydrogen) atoms. The Morgan fingerprint density at radius 1 is 1.00 bits per heavy atom. The van der Waals surface area contributed by atoms with Crippen LogP contribution in [-0.2, 0) is 11.3 Å². The molecule has 190 valence electrons. The van der Waals surface area contributed by atoms with Crippen molar-refractivity contribution in [2.24, 2.45) is 5.92 Å². The molecule has 8 heteroatoms. The minimum atomic E-state index is -0.966. The summed E-state index contributed by atoms with van der Waals surface area (Å²) in [5.41, 5.74) is 1.71. The van der Waals surface area contributed by atoms with Gasteiger partial charge in [0.15, 0.2) is 5.01 Å². The summed E-state index contributed by atoms with van der Waals surface area (Å²) in [7, 11) is 0. The Labute approximate surface area is 215 Å². The number of hydrogen-bond acceptors (Lipinski definition) is 5. The first-order valence-corrected chi connectivity index (χ1v) is 13.5. The zero-order chi connectivity index (χ0) is 25.3. The molecule has 1 atom stereocenters. The molecule has 1 aromatic heterocycles. The maximum Gasteiger partial charge on any atom is 0.407 e. The number of nitrogens with zero attached hydrogens (tertiary/aromatic N) is 2. The van der Waals surface area contributed by atoms with Crippen LogP contribution in [0, 0.1) is 5.92 Å². The fourth-order valence-corrected chi connectivity index (χ4v) is 5.71. The first-order valence-electron chi connectivity index (χ1n) is 12.7. The van der Waals surface area contributed by atoms with E-state index in [9.17, 15) is 19.5 Å². The highest BCUT2D eigenvalue weighted by Crippen LogP contribution is 2.26. The number of fused-ring (bicyclic) bond motifs is 1. The Balaban J connectivity index is 1.39. The van der Waals surface area contributed by atoms with Gasteiger partial charge in [0.25, 0.3) is 0 Å². The van der Waals surface area contributed by atoms with E-state index in [-0.39, 0.29) is 17.6 Å². The largest absolute Gasteiger partial charge is 0.465 e. The number of thiazole rings is 1. The summed E-state index contributed by atoms with van der Waals surface area (Å²) in [5.74, 6) is -0.261. The van der Waals surface area contributed by atoms with Gasteiger partial charge in [-0.3, -0.25) is 9.59 Å². The molecular formula is C28H33N3O4S. The molecule has 1 saturated carbocycles. The van der Waals surface area contributed by atoms with Crippen molar-refractivity contribution >= 4 is 39.3 Å². The van der Waals surface area contributed by atoms with E-state index in [4.69, 9.17) is 0 Å². The van der Waals surface area contributed by atoms with E-state index in [2.05, 4.69) is 10.3 Å². The standard InChI is InChI=1S/C28H33N3O4S/c32-25(27-30-22-15-7-8-17-24(22)36-27)23(29-26(33)21-13-5-2-6-14-21)16-9-10-18-31(28(34)35)19-20-11-3-1-4-12-20/h1,3-4,7-8,11-12,15,17,21,23H,2,5-6,9-10,13-14,16,18-19H2,(H,29,33)(H,34,35)/t23-/m0/s1. The SMILES string of the molecule is O=C(N[C@@H](CCCCN(Cc1ccccc1)C(=O)O)C(=O)c1nc2ccccc2s1)C1CCCCC1. The van der Waals surface area contributed by atoms with Crippen LogP contribution in [0.5, 0.6) is 0 Å². The highest BCUT2D eigenvalue weighted by molar-refractivity contribution is 7.20. The monoisotopic (exact) mass is 507 g/mol. The van der Waals surface area contributed by atoms with Gasteiger partial charge in [0.1, 0.15) is 0 Å². The Hall–Kier alpha value is -3.26. The van der Waals surface area contributed by atoms with E-state index < -0.39 is 12.1 Å². The second-order valence-electron chi connectivity index (χ2n) is 9.43. The number of aromatic nitrogens is 1. The predicted molar refractivity (Wildman–Crippen MR) is 141 cm³/mol. The zero-order valence-corrected chi connectivity index (χ0v) is 21.2. The number of carbonyl (C=O) groups is 3. The van der Waals surface area contributed by atoms with Crippen LogP contribution in [0.3, 0.4) is 0 Å². The van der Waals surface area contributed by atoms with Crippen LogP contribution < -0.4 is 5.32 Å². The van der Waals surface area contributed by atoms with Crippen LogP contribution in [0.1, 0.15) is 66.7 Å². The molecule has 1 heterocycles. The number of carbonyl (C=O) groups excluding carboxylic acids is 2. The van der Waals surface area contributed by atoms with Crippen LogP contribution in [-0.4, -0.2) is 45.4 Å². The Morgan fingerprint density at radius 2 is 1.72 bits per heavy atom. The molecular weight excluding hydrogens is 474 g/mol. The number of rotatable bonds is 11. The van der Waals surface area contributed by atoms with Crippen LogP contribution >= 0.6 is 11.3 Å². The van der Waals surface area contributed by atoms with E-state index in [0.717, 1.165) is 47.9 Å². The van der Waals surface area contributed by atoms with Gasteiger partial charge >= 0.3 is 6.09 Å². The third-order valence-corrected chi connectivity index (χ3v) is 7.82. The van der Waals surface area contributed by atoms with Crippen molar-refractivity contribution in [2.75, 3.05) is 6.54 Å². The van der Waals surface area contributed by atoms with Crippen molar-refractivity contribution in [2.45, 2.75) is 64.0 Å². The van der Waals surface area contributed by atoms with Gasteiger partial charge < -0.3 is 15.3 Å². The molecule has 0 bridgehead atoms. The fourth-order valence-electron chi connectivity index (χ4n) is 4.75.